The van der Waals surface area contributed by atoms with Crippen LogP contribution in [-0.4, -0.2) is 35.5 Å². The fourth-order valence-electron chi connectivity index (χ4n) is 3.81. The van der Waals surface area contributed by atoms with E-state index in [1.165, 1.54) is 4.57 Å². The van der Waals surface area contributed by atoms with Crippen LogP contribution in [-0.2, 0) is 16.9 Å². The van der Waals surface area contributed by atoms with Gasteiger partial charge in [-0.05, 0) is 36.2 Å². The highest BCUT2D eigenvalue weighted by Crippen LogP contribution is 2.38. The Hall–Kier alpha value is -2.63. The van der Waals surface area contributed by atoms with Crippen molar-refractivity contribution in [3.8, 4) is 0 Å². The first-order valence-corrected chi connectivity index (χ1v) is 10.8. The van der Waals surface area contributed by atoms with Crippen LogP contribution >= 0.6 is 9.24 Å². The Morgan fingerprint density at radius 2 is 2.13 bits per heavy atom. The van der Waals surface area contributed by atoms with Gasteiger partial charge in [-0.1, -0.05) is 19.4 Å². The molecule has 8 heteroatoms. The number of ether oxygens (including phenoxy) is 1. The number of aliphatic imine (C=N–C) groups is 1. The molecule has 1 aromatic carbocycles. The molecule has 1 unspecified atom stereocenters. The van der Waals surface area contributed by atoms with Gasteiger partial charge in [0.1, 0.15) is 17.3 Å². The Labute approximate surface area is 182 Å². The second-order valence-corrected chi connectivity index (χ2v) is 9.01. The van der Waals surface area contributed by atoms with Crippen LogP contribution < -0.4 is 10.9 Å². The molecule has 0 aliphatic carbocycles. The van der Waals surface area contributed by atoms with Gasteiger partial charge >= 0.3 is 0 Å². The van der Waals surface area contributed by atoms with Crippen LogP contribution in [0.3, 0.4) is 0 Å². The lowest BCUT2D eigenvalue weighted by atomic mass is 9.98. The molecule has 0 radical (unpaired) electrons. The van der Waals surface area contributed by atoms with Crippen molar-refractivity contribution in [3.05, 3.63) is 63.8 Å². The number of halogens is 1. The highest BCUT2D eigenvalue weighted by Gasteiger charge is 2.35. The van der Waals surface area contributed by atoms with Gasteiger partial charge in [-0.15, -0.1) is 9.24 Å². The van der Waals surface area contributed by atoms with Crippen LogP contribution in [0.4, 0.5) is 15.9 Å². The highest BCUT2D eigenvalue weighted by molar-refractivity contribution is 7.18. The predicted molar refractivity (Wildman–Crippen MR) is 126 cm³/mol. The molecule has 1 aliphatic rings. The molecule has 3 aromatic rings. The molecule has 2 aromatic heterocycles. The van der Waals surface area contributed by atoms with E-state index in [-0.39, 0.29) is 22.2 Å². The van der Waals surface area contributed by atoms with Crippen molar-refractivity contribution < 1.29 is 9.13 Å². The van der Waals surface area contributed by atoms with E-state index >= 15 is 4.39 Å². The molecule has 0 amide bonds. The molecule has 1 saturated heterocycles. The molecular weight excluding hydrogens is 414 g/mol. The monoisotopic (exact) mass is 440 g/mol. The fraction of sp³-hybridized carbons (Fsp3) is 0.348. The van der Waals surface area contributed by atoms with Gasteiger partial charge in [0.05, 0.1) is 23.9 Å². The smallest absolute Gasteiger partial charge is 0.274 e. The Balaban J connectivity index is 1.73. The zero-order valence-electron chi connectivity index (χ0n) is 17.9. The highest BCUT2D eigenvalue weighted by atomic mass is 31.0. The molecular formula is C23H26FN4O2P. The number of pyridine rings is 2. The van der Waals surface area contributed by atoms with E-state index in [4.69, 9.17) is 4.74 Å². The van der Waals surface area contributed by atoms with Gasteiger partial charge < -0.3 is 14.6 Å². The van der Waals surface area contributed by atoms with Gasteiger partial charge in [0.25, 0.3) is 5.56 Å². The summed E-state index contributed by atoms with van der Waals surface area (Å²) in [4.78, 5) is 21.6. The van der Waals surface area contributed by atoms with Crippen molar-refractivity contribution in [2.24, 2.45) is 12.0 Å². The molecule has 31 heavy (non-hydrogen) atoms. The lowest BCUT2D eigenvalue weighted by molar-refractivity contribution is -0.0116. The summed E-state index contributed by atoms with van der Waals surface area (Å²) in [6.45, 7) is 3.31. The first-order valence-electron chi connectivity index (χ1n) is 10.3. The molecule has 1 atom stereocenters. The van der Waals surface area contributed by atoms with Gasteiger partial charge in [0, 0.05) is 37.0 Å². The van der Waals surface area contributed by atoms with Crippen LogP contribution in [0.15, 0.2) is 46.3 Å². The molecule has 162 valence electrons. The summed E-state index contributed by atoms with van der Waals surface area (Å²) < 4.78 is 22.2. The largest absolute Gasteiger partial charge is 0.379 e. The Morgan fingerprint density at radius 3 is 2.71 bits per heavy atom. The van der Waals surface area contributed by atoms with Crippen LogP contribution in [0.25, 0.3) is 10.9 Å². The number of aryl methyl sites for hydroxylation is 1. The second kappa shape index (κ2) is 8.48. The van der Waals surface area contributed by atoms with E-state index in [0.717, 1.165) is 12.0 Å². The lowest BCUT2D eigenvalue weighted by Gasteiger charge is -2.37. The van der Waals surface area contributed by atoms with Gasteiger partial charge in [-0.3, -0.25) is 9.79 Å². The minimum atomic E-state index is -0.372. The lowest BCUT2D eigenvalue weighted by Crippen LogP contribution is -2.40. The number of nitrogens with zero attached hydrogens (tertiary/aromatic N) is 3. The maximum atomic E-state index is 15.4. The maximum absolute atomic E-state index is 15.4. The quantitative estimate of drug-likeness (QED) is 0.462. The van der Waals surface area contributed by atoms with Crippen molar-refractivity contribution in [2.45, 2.75) is 24.9 Å². The van der Waals surface area contributed by atoms with E-state index in [1.807, 2.05) is 19.1 Å². The first kappa shape index (κ1) is 21.6. The number of aromatic nitrogens is 2. The first-order chi connectivity index (χ1) is 14.9. The molecule has 1 aliphatic heterocycles. The third-order valence-corrected chi connectivity index (χ3v) is 6.40. The number of hydrogen-bond donors (Lipinski definition) is 1. The molecule has 0 saturated carbocycles. The van der Waals surface area contributed by atoms with E-state index in [9.17, 15) is 4.79 Å². The van der Waals surface area contributed by atoms with Crippen LogP contribution in [0.1, 0.15) is 30.9 Å². The second-order valence-electron chi connectivity index (χ2n) is 7.91. The number of fused-ring (bicyclic) bond motifs is 1. The van der Waals surface area contributed by atoms with E-state index in [0.29, 0.717) is 47.6 Å². The predicted octanol–water partition coefficient (Wildman–Crippen LogP) is 4.14. The fourth-order valence-corrected chi connectivity index (χ4v) is 4.22. The Morgan fingerprint density at radius 1 is 1.35 bits per heavy atom. The normalized spacial score (nSPS) is 15.7. The number of hydrogen-bond acceptors (Lipinski definition) is 5. The van der Waals surface area contributed by atoms with E-state index in [2.05, 4.69) is 24.5 Å². The van der Waals surface area contributed by atoms with Crippen LogP contribution in [0.5, 0.6) is 0 Å². The average molecular weight is 440 g/mol. The zero-order valence-corrected chi connectivity index (χ0v) is 19.1. The number of nitrogens with one attached hydrogen (secondary N) is 1. The molecule has 1 N–H and O–H groups in total. The summed E-state index contributed by atoms with van der Waals surface area (Å²) in [5, 5.41) is 3.33. The van der Waals surface area contributed by atoms with Crippen molar-refractivity contribution in [3.63, 3.8) is 0 Å². The number of anilines is 2. The minimum absolute atomic E-state index is 0.0961. The maximum Gasteiger partial charge on any atom is 0.274 e. The standard InChI is InChI=1S/C23H26FN4O2P/c1-4-5-17(25-2)15-7-8-19-16(21(15)24)10-18(22(29)28(19)3)27-20-9-6-14(11-26-20)23(31)12-30-13-23/h6-11H,4-5,12-13,31H2,1-3H3,(H,26,27). The molecule has 0 bridgehead atoms. The molecule has 4 rings (SSSR count). The van der Waals surface area contributed by atoms with Crippen molar-refractivity contribution in [1.29, 1.82) is 0 Å². The molecule has 6 nitrogen and oxygen atoms in total. The summed E-state index contributed by atoms with van der Waals surface area (Å²) in [6.07, 6.45) is 3.33. The minimum Gasteiger partial charge on any atom is -0.379 e. The van der Waals surface area contributed by atoms with Crippen molar-refractivity contribution in [2.75, 3.05) is 25.6 Å². The molecule has 1 fully saturated rings. The SMILES string of the molecule is CCCC(=NC)c1ccc2c(cc(Nc3ccc(C4(P)COC4)cn3)c(=O)n2C)c1F. The molecule has 0 spiro atoms. The summed E-state index contributed by atoms with van der Waals surface area (Å²) in [5.74, 6) is 0.149. The Kier molecular flexibility index (Phi) is 5.91. The van der Waals surface area contributed by atoms with Crippen LogP contribution in [0.2, 0.25) is 0 Å². The third kappa shape index (κ3) is 3.88. The van der Waals surface area contributed by atoms with E-state index in [1.54, 1.807) is 38.5 Å². The summed E-state index contributed by atoms with van der Waals surface area (Å²) in [7, 11) is 6.13. The van der Waals surface area contributed by atoms with Gasteiger partial charge in [0.15, 0.2) is 0 Å². The Bertz CT molecular complexity index is 1220. The van der Waals surface area contributed by atoms with Crippen molar-refractivity contribution in [1.82, 2.24) is 9.55 Å². The number of rotatable bonds is 6. The van der Waals surface area contributed by atoms with Gasteiger partial charge in [-0.25, -0.2) is 9.37 Å². The summed E-state index contributed by atoms with van der Waals surface area (Å²) in [5.41, 5.74) is 2.79. The summed E-state index contributed by atoms with van der Waals surface area (Å²) >= 11 is 0. The third-order valence-electron chi connectivity index (χ3n) is 5.73. The average Bonchev–Trinajstić information content (AvgIpc) is 2.75. The van der Waals surface area contributed by atoms with Crippen LogP contribution in [0, 0.1) is 5.82 Å². The number of benzene rings is 1. The zero-order chi connectivity index (χ0) is 22.2. The van der Waals surface area contributed by atoms with E-state index < -0.39 is 0 Å². The topological polar surface area (TPSA) is 68.5 Å². The summed E-state index contributed by atoms with van der Waals surface area (Å²) in [6, 6.07) is 8.81. The molecule has 3 heterocycles. The van der Waals surface area contributed by atoms with Gasteiger partial charge in [-0.2, -0.15) is 0 Å². The van der Waals surface area contributed by atoms with Gasteiger partial charge in [0.2, 0.25) is 0 Å². The van der Waals surface area contributed by atoms with Crippen molar-refractivity contribution >= 4 is 37.4 Å².